The summed E-state index contributed by atoms with van der Waals surface area (Å²) in [6, 6.07) is 8.61. The lowest BCUT2D eigenvalue weighted by atomic mass is 9.96. The number of hydrogen-bond donors (Lipinski definition) is 2. The molecule has 106 valence electrons. The quantitative estimate of drug-likeness (QED) is 0.620. The van der Waals surface area contributed by atoms with Gasteiger partial charge in [-0.1, -0.05) is 37.1 Å². The molecule has 0 spiro atoms. The van der Waals surface area contributed by atoms with E-state index in [2.05, 4.69) is 28.8 Å². The molecule has 0 amide bonds. The van der Waals surface area contributed by atoms with Gasteiger partial charge in [0.05, 0.1) is 6.61 Å². The van der Waals surface area contributed by atoms with Crippen LogP contribution in [0.2, 0.25) is 0 Å². The number of benzene rings is 1. The fourth-order valence-corrected chi connectivity index (χ4v) is 3.04. The second-order valence-corrected chi connectivity index (χ2v) is 6.39. The highest BCUT2D eigenvalue weighted by Gasteiger charge is 2.16. The molecule has 2 rings (SSSR count). The Balaban J connectivity index is 1.77. The fourth-order valence-electron chi connectivity index (χ4n) is 2.68. The van der Waals surface area contributed by atoms with Crippen LogP contribution in [-0.4, -0.2) is 16.4 Å². The van der Waals surface area contributed by atoms with Gasteiger partial charge in [0.2, 0.25) is 0 Å². The molecule has 4 nitrogen and oxygen atoms in total. The van der Waals surface area contributed by atoms with E-state index in [1.54, 1.807) is 0 Å². The zero-order chi connectivity index (χ0) is 13.7. The smallest absolute Gasteiger partial charge is 0.303 e. The highest BCUT2D eigenvalue weighted by atomic mass is 31.2. The van der Waals surface area contributed by atoms with Crippen LogP contribution in [0.5, 0.6) is 0 Å². The van der Waals surface area contributed by atoms with E-state index in [-0.39, 0.29) is 6.61 Å². The van der Waals surface area contributed by atoms with E-state index in [9.17, 15) is 4.57 Å². The van der Waals surface area contributed by atoms with E-state index >= 15 is 0 Å². The molecular weight excluding hydrogens is 263 g/mol. The number of hydrogen-bond acceptors (Lipinski definition) is 2. The van der Waals surface area contributed by atoms with E-state index in [1.165, 1.54) is 36.8 Å². The Bertz CT molecular complexity index is 431. The van der Waals surface area contributed by atoms with Gasteiger partial charge in [0.15, 0.2) is 0 Å². The van der Waals surface area contributed by atoms with Crippen molar-refractivity contribution >= 4 is 7.82 Å². The normalized spacial score (nSPS) is 16.9. The number of phosphoric ester groups is 1. The van der Waals surface area contributed by atoms with Crippen LogP contribution in [0.4, 0.5) is 0 Å². The van der Waals surface area contributed by atoms with Crippen molar-refractivity contribution in [3.63, 3.8) is 0 Å². The molecule has 0 saturated heterocycles. The number of rotatable bonds is 6. The first-order valence-electron chi connectivity index (χ1n) is 6.83. The lowest BCUT2D eigenvalue weighted by Gasteiger charge is -2.10. The molecule has 5 heteroatoms. The summed E-state index contributed by atoms with van der Waals surface area (Å²) in [5, 5.41) is 0. The van der Waals surface area contributed by atoms with Gasteiger partial charge in [-0.05, 0) is 42.7 Å². The first-order valence-corrected chi connectivity index (χ1v) is 8.36. The molecule has 1 fully saturated rings. The Morgan fingerprint density at radius 1 is 1.16 bits per heavy atom. The molecule has 19 heavy (non-hydrogen) atoms. The molecule has 1 saturated carbocycles. The van der Waals surface area contributed by atoms with Crippen LogP contribution in [0, 0.1) is 0 Å². The molecule has 0 radical (unpaired) electrons. The molecule has 1 aliphatic carbocycles. The highest BCUT2D eigenvalue weighted by Crippen LogP contribution is 2.36. The predicted octanol–water partition coefficient (Wildman–Crippen LogP) is 3.39. The first kappa shape index (κ1) is 14.7. The van der Waals surface area contributed by atoms with Gasteiger partial charge in [0.1, 0.15) is 0 Å². The molecule has 0 aromatic heterocycles. The van der Waals surface area contributed by atoms with Crippen LogP contribution in [0.3, 0.4) is 0 Å². The van der Waals surface area contributed by atoms with Crippen molar-refractivity contribution in [3.8, 4) is 0 Å². The zero-order valence-electron chi connectivity index (χ0n) is 11.0. The molecule has 0 atom stereocenters. The minimum absolute atomic E-state index is 0.0919. The van der Waals surface area contributed by atoms with Crippen molar-refractivity contribution in [2.75, 3.05) is 6.61 Å². The van der Waals surface area contributed by atoms with Crippen molar-refractivity contribution in [1.82, 2.24) is 0 Å². The number of aryl methyl sites for hydroxylation is 1. The number of phosphoric acid groups is 1. The summed E-state index contributed by atoms with van der Waals surface area (Å²) >= 11 is 0. The van der Waals surface area contributed by atoms with Crippen molar-refractivity contribution in [2.24, 2.45) is 0 Å². The van der Waals surface area contributed by atoms with Gasteiger partial charge in [-0.25, -0.2) is 4.57 Å². The van der Waals surface area contributed by atoms with Crippen LogP contribution >= 0.6 is 7.82 Å². The van der Waals surface area contributed by atoms with E-state index in [0.717, 1.165) is 12.3 Å². The van der Waals surface area contributed by atoms with Crippen molar-refractivity contribution in [2.45, 2.75) is 44.4 Å². The van der Waals surface area contributed by atoms with Crippen molar-refractivity contribution < 1.29 is 18.9 Å². The first-order chi connectivity index (χ1) is 9.04. The molecular formula is C14H21O4P. The maximum atomic E-state index is 10.5. The highest BCUT2D eigenvalue weighted by molar-refractivity contribution is 7.46. The summed E-state index contributed by atoms with van der Waals surface area (Å²) in [5.74, 6) is 0.729. The Morgan fingerprint density at radius 3 is 2.37 bits per heavy atom. The van der Waals surface area contributed by atoms with Gasteiger partial charge < -0.3 is 9.79 Å². The van der Waals surface area contributed by atoms with Gasteiger partial charge >= 0.3 is 7.82 Å². The minimum Gasteiger partial charge on any atom is -0.303 e. The predicted molar refractivity (Wildman–Crippen MR) is 74.0 cm³/mol. The van der Waals surface area contributed by atoms with Crippen LogP contribution in [0.15, 0.2) is 24.3 Å². The second kappa shape index (κ2) is 6.67. The molecule has 1 aromatic carbocycles. The average Bonchev–Trinajstić information content (AvgIpc) is 2.88. The van der Waals surface area contributed by atoms with Gasteiger partial charge in [0, 0.05) is 0 Å². The van der Waals surface area contributed by atoms with E-state index in [4.69, 9.17) is 9.79 Å². The van der Waals surface area contributed by atoms with Gasteiger partial charge in [-0.3, -0.25) is 4.52 Å². The molecule has 1 aromatic rings. The Labute approximate surface area is 114 Å². The van der Waals surface area contributed by atoms with Gasteiger partial charge in [0.25, 0.3) is 0 Å². The Morgan fingerprint density at radius 2 is 1.79 bits per heavy atom. The van der Waals surface area contributed by atoms with Gasteiger partial charge in [-0.15, -0.1) is 0 Å². The maximum Gasteiger partial charge on any atom is 0.469 e. The van der Waals surface area contributed by atoms with E-state index < -0.39 is 7.82 Å². The van der Waals surface area contributed by atoms with Crippen molar-refractivity contribution in [3.05, 3.63) is 35.4 Å². The lowest BCUT2D eigenvalue weighted by Crippen LogP contribution is -1.96. The van der Waals surface area contributed by atoms with Gasteiger partial charge in [-0.2, -0.15) is 0 Å². The maximum absolute atomic E-state index is 10.5. The molecule has 0 aliphatic heterocycles. The average molecular weight is 284 g/mol. The molecule has 0 unspecified atom stereocenters. The molecule has 0 heterocycles. The third-order valence-electron chi connectivity index (χ3n) is 3.68. The minimum atomic E-state index is -4.31. The molecule has 1 aliphatic rings. The Hall–Kier alpha value is -0.670. The monoisotopic (exact) mass is 284 g/mol. The SMILES string of the molecule is O=P(O)(O)OCCCc1ccc(C2CCCC2)cc1. The van der Waals surface area contributed by atoms with Crippen molar-refractivity contribution in [1.29, 1.82) is 0 Å². The van der Waals surface area contributed by atoms with Crippen LogP contribution in [0.25, 0.3) is 0 Å². The Kier molecular flexibility index (Phi) is 5.17. The standard InChI is InChI=1S/C14H21O4P/c15-19(16,17)18-11-3-4-12-7-9-14(10-8-12)13-5-1-2-6-13/h7-10,13H,1-6,11H2,(H2,15,16,17). The van der Waals surface area contributed by atoms with Crippen LogP contribution < -0.4 is 0 Å². The summed E-state index contributed by atoms with van der Waals surface area (Å²) in [6.07, 6.45) is 6.68. The van der Waals surface area contributed by atoms with Crippen LogP contribution in [0.1, 0.15) is 49.1 Å². The van der Waals surface area contributed by atoms with Crippen LogP contribution in [-0.2, 0) is 15.5 Å². The summed E-state index contributed by atoms with van der Waals surface area (Å²) in [5.41, 5.74) is 2.61. The second-order valence-electron chi connectivity index (χ2n) is 5.15. The summed E-state index contributed by atoms with van der Waals surface area (Å²) in [7, 11) is -4.31. The third-order valence-corrected chi connectivity index (χ3v) is 4.19. The summed E-state index contributed by atoms with van der Waals surface area (Å²) in [4.78, 5) is 17.1. The molecule has 0 bridgehead atoms. The fraction of sp³-hybridized carbons (Fsp3) is 0.571. The van der Waals surface area contributed by atoms with E-state index in [0.29, 0.717) is 6.42 Å². The third kappa shape index (κ3) is 5.07. The topological polar surface area (TPSA) is 66.8 Å². The van der Waals surface area contributed by atoms with E-state index in [1.807, 2.05) is 0 Å². The molecule has 2 N–H and O–H groups in total. The summed E-state index contributed by atoms with van der Waals surface area (Å²) in [6.45, 7) is 0.0919. The largest absolute Gasteiger partial charge is 0.469 e. The lowest BCUT2D eigenvalue weighted by molar-refractivity contribution is 0.195. The zero-order valence-corrected chi connectivity index (χ0v) is 11.9. The summed E-state index contributed by atoms with van der Waals surface area (Å²) < 4.78 is 14.9.